The molecule has 4 rings (SSSR count). The van der Waals surface area contributed by atoms with Crippen LogP contribution >= 0.6 is 0 Å². The minimum Gasteiger partial charge on any atom is -0.446 e. The van der Waals surface area contributed by atoms with E-state index in [1.54, 1.807) is 4.58 Å². The molecule has 4 aliphatic rings. The molecule has 4 heterocycles. The lowest BCUT2D eigenvalue weighted by Crippen LogP contribution is -2.91. The number of hydrogen-bond acceptors (Lipinski definition) is 10. The summed E-state index contributed by atoms with van der Waals surface area (Å²) >= 11 is 0. The number of nitrogens with two attached hydrogens (primary N) is 2. The van der Waals surface area contributed by atoms with Crippen LogP contribution in [0.15, 0.2) is 0 Å². The first kappa shape index (κ1) is 17.1. The molecule has 0 saturated carbocycles. The van der Waals surface area contributed by atoms with E-state index in [4.69, 9.17) is 16.2 Å². The van der Waals surface area contributed by atoms with Crippen LogP contribution in [0.3, 0.4) is 0 Å². The van der Waals surface area contributed by atoms with Crippen molar-refractivity contribution >= 4 is 18.0 Å². The number of ether oxygens (including phenoxy) is 1. The molecule has 0 radical (unpaired) electrons. The molecule has 1 spiro atoms. The third kappa shape index (κ3) is 2.43. The van der Waals surface area contributed by atoms with Gasteiger partial charge in [-0.2, -0.15) is 0 Å². The first-order chi connectivity index (χ1) is 12.2. The Bertz CT molecular complexity index is 704. The van der Waals surface area contributed by atoms with Crippen molar-refractivity contribution in [1.29, 1.82) is 0 Å². The molecule has 0 aromatic carbocycles. The number of alkyl carbamates (subject to hydrolysis) is 1. The summed E-state index contributed by atoms with van der Waals surface area (Å²) in [6.45, 7) is 2.52. The molecule has 12 N–H and O–H groups in total. The molecule has 0 aromatic heterocycles. The molecule has 13 nitrogen and oxygen atoms in total. The fourth-order valence-corrected chi connectivity index (χ4v) is 3.88. The maximum atomic E-state index is 11.9. The van der Waals surface area contributed by atoms with Gasteiger partial charge < -0.3 is 20.3 Å². The van der Waals surface area contributed by atoms with Gasteiger partial charge in [-0.05, 0) is 6.92 Å². The predicted octanol–water partition coefficient (Wildman–Crippen LogP) is -7.02. The number of amides is 1. The predicted molar refractivity (Wildman–Crippen MR) is 86.9 cm³/mol. The van der Waals surface area contributed by atoms with E-state index in [0.29, 0.717) is 13.1 Å². The van der Waals surface area contributed by atoms with Gasteiger partial charge >= 0.3 is 18.0 Å². The van der Waals surface area contributed by atoms with Crippen LogP contribution in [-0.2, 0) is 4.74 Å². The number of nitrogens with zero attached hydrogens (tertiary/aromatic N) is 1. The highest BCUT2D eigenvalue weighted by Gasteiger charge is 2.74. The van der Waals surface area contributed by atoms with E-state index in [1.165, 1.54) is 0 Å². The van der Waals surface area contributed by atoms with Crippen LogP contribution in [0.25, 0.3) is 0 Å². The number of carbonyl (C=O) groups excluding carboxylic acids is 1. The molecule has 2 fully saturated rings. The SMILES string of the molecule is CC1(CNC(=O)OC[C@@H]2NC(N)=[N+]3CCC(O)(O)C34NC(N)=[NH+]C24)NN1. The number of rotatable bonds is 4. The Hall–Kier alpha value is -2.35. The molecular formula is C13H25N9O4+2. The van der Waals surface area contributed by atoms with Crippen LogP contribution < -0.4 is 43.3 Å². The van der Waals surface area contributed by atoms with Crippen molar-refractivity contribution in [3.63, 3.8) is 0 Å². The summed E-state index contributed by atoms with van der Waals surface area (Å²) < 4.78 is 6.90. The van der Waals surface area contributed by atoms with Gasteiger partial charge in [0.2, 0.25) is 5.79 Å². The van der Waals surface area contributed by atoms with Crippen LogP contribution in [-0.4, -0.2) is 81.7 Å². The lowest BCUT2D eigenvalue weighted by Gasteiger charge is -2.40. The van der Waals surface area contributed by atoms with Crippen molar-refractivity contribution in [2.75, 3.05) is 19.7 Å². The summed E-state index contributed by atoms with van der Waals surface area (Å²) in [6, 6.07) is -1.13. The standard InChI is InChI=1S/C13H23N9O4/c1-11(20-21-11)5-16-10(23)26-4-6-7-13(19-8(14)18-7)12(24,25)2-3-22(13)9(15)17-6/h6-7,20-21,24-25H,2-5H2,1H3,(H6,14,15,16,17,18,19,23)/p+2/t6-,7?,13?/m0/s1. The van der Waals surface area contributed by atoms with Gasteiger partial charge in [0.05, 0.1) is 13.1 Å². The molecule has 26 heavy (non-hydrogen) atoms. The molecule has 3 atom stereocenters. The highest BCUT2D eigenvalue weighted by Crippen LogP contribution is 2.36. The van der Waals surface area contributed by atoms with E-state index in [1.807, 2.05) is 6.92 Å². The van der Waals surface area contributed by atoms with E-state index in [9.17, 15) is 15.0 Å². The molecule has 2 saturated heterocycles. The first-order valence-electron chi connectivity index (χ1n) is 8.40. The third-order valence-corrected chi connectivity index (χ3v) is 5.36. The number of hydrazine groups is 1. The molecular weight excluding hydrogens is 346 g/mol. The number of aliphatic hydroxyl groups is 2. The van der Waals surface area contributed by atoms with Gasteiger partial charge in [0.15, 0.2) is 6.04 Å². The Kier molecular flexibility index (Phi) is 3.50. The second kappa shape index (κ2) is 5.33. The molecule has 144 valence electrons. The molecule has 13 heteroatoms. The maximum Gasteiger partial charge on any atom is 0.407 e. The van der Waals surface area contributed by atoms with Crippen molar-refractivity contribution in [3.05, 3.63) is 0 Å². The van der Waals surface area contributed by atoms with Gasteiger partial charge in [0.25, 0.3) is 5.66 Å². The van der Waals surface area contributed by atoms with E-state index in [-0.39, 0.29) is 30.6 Å². The second-order valence-electron chi connectivity index (χ2n) is 7.32. The molecule has 0 aromatic rings. The van der Waals surface area contributed by atoms with Crippen LogP contribution in [0.2, 0.25) is 0 Å². The maximum absolute atomic E-state index is 11.9. The summed E-state index contributed by atoms with van der Waals surface area (Å²) in [5.41, 5.74) is 16.1. The van der Waals surface area contributed by atoms with Crippen LogP contribution in [0, 0.1) is 0 Å². The summed E-state index contributed by atoms with van der Waals surface area (Å²) in [5, 5.41) is 29.8. The molecule has 2 unspecified atom stereocenters. The zero-order chi connectivity index (χ0) is 18.7. The van der Waals surface area contributed by atoms with Crippen molar-refractivity contribution in [2.24, 2.45) is 11.5 Å². The summed E-state index contributed by atoms with van der Waals surface area (Å²) in [5.74, 6) is -1.63. The summed E-state index contributed by atoms with van der Waals surface area (Å²) in [7, 11) is 0. The minimum absolute atomic E-state index is 0.0532. The van der Waals surface area contributed by atoms with E-state index in [2.05, 4.69) is 31.8 Å². The number of guanidine groups is 2. The lowest BCUT2D eigenvalue weighted by atomic mass is 9.87. The monoisotopic (exact) mass is 371 g/mol. The van der Waals surface area contributed by atoms with Crippen molar-refractivity contribution in [2.45, 2.75) is 42.5 Å². The summed E-state index contributed by atoms with van der Waals surface area (Å²) in [6.07, 6.45) is -0.507. The Morgan fingerprint density at radius 1 is 1.46 bits per heavy atom. The third-order valence-electron chi connectivity index (χ3n) is 5.36. The second-order valence-corrected chi connectivity index (χ2v) is 7.32. The van der Waals surface area contributed by atoms with Crippen LogP contribution in [0.5, 0.6) is 0 Å². The Labute approximate surface area is 148 Å². The molecule has 1 amide bonds. The largest absolute Gasteiger partial charge is 0.446 e. The van der Waals surface area contributed by atoms with E-state index in [0.717, 1.165) is 0 Å². The smallest absolute Gasteiger partial charge is 0.407 e. The minimum atomic E-state index is -2.07. The van der Waals surface area contributed by atoms with Gasteiger partial charge in [-0.3, -0.25) is 21.8 Å². The van der Waals surface area contributed by atoms with E-state index >= 15 is 0 Å². The molecule has 0 bridgehead atoms. The van der Waals surface area contributed by atoms with Crippen LogP contribution in [0.4, 0.5) is 4.79 Å². The first-order valence-corrected chi connectivity index (χ1v) is 8.40. The fraction of sp³-hybridized carbons (Fsp3) is 0.769. The lowest BCUT2D eigenvalue weighted by molar-refractivity contribution is -0.674. The highest BCUT2D eigenvalue weighted by molar-refractivity contribution is 5.78. The van der Waals surface area contributed by atoms with Gasteiger partial charge in [-0.25, -0.2) is 25.5 Å². The number of hydrogen-bond donors (Lipinski definition) is 10. The van der Waals surface area contributed by atoms with Gasteiger partial charge in [-0.1, -0.05) is 0 Å². The van der Waals surface area contributed by atoms with E-state index < -0.39 is 29.6 Å². The quantitative estimate of drug-likeness (QED) is 0.128. The Morgan fingerprint density at radius 3 is 2.88 bits per heavy atom. The van der Waals surface area contributed by atoms with Crippen molar-refractivity contribution in [3.8, 4) is 0 Å². The average Bonchev–Trinajstić information content (AvgIpc) is 3.09. The molecule has 4 aliphatic heterocycles. The van der Waals surface area contributed by atoms with Crippen molar-refractivity contribution in [1.82, 2.24) is 26.8 Å². The van der Waals surface area contributed by atoms with Crippen LogP contribution in [0.1, 0.15) is 13.3 Å². The van der Waals surface area contributed by atoms with Crippen molar-refractivity contribution < 1.29 is 29.3 Å². The van der Waals surface area contributed by atoms with Gasteiger partial charge in [-0.15, -0.1) is 0 Å². The average molecular weight is 371 g/mol. The zero-order valence-electron chi connectivity index (χ0n) is 14.3. The normalized spacial score (nSPS) is 35.6. The number of carbonyl (C=O) groups is 1. The number of nitrogens with one attached hydrogen (secondary N) is 6. The zero-order valence-corrected chi connectivity index (χ0v) is 14.3. The topological polar surface area (TPSA) is 216 Å². The highest BCUT2D eigenvalue weighted by atomic mass is 16.5. The Balaban J connectivity index is 1.48. The van der Waals surface area contributed by atoms with Gasteiger partial charge in [0, 0.05) is 6.42 Å². The molecule has 0 aliphatic carbocycles. The Morgan fingerprint density at radius 2 is 2.19 bits per heavy atom. The summed E-state index contributed by atoms with van der Waals surface area (Å²) in [4.78, 5) is 14.9. The fourth-order valence-electron chi connectivity index (χ4n) is 3.88. The van der Waals surface area contributed by atoms with Gasteiger partial charge in [0.1, 0.15) is 18.3 Å².